The zero-order valence-corrected chi connectivity index (χ0v) is 11.3. The van der Waals surface area contributed by atoms with Crippen LogP contribution >= 0.6 is 0 Å². The predicted molar refractivity (Wildman–Crippen MR) is 75.1 cm³/mol. The molecule has 20 heavy (non-hydrogen) atoms. The first-order chi connectivity index (χ1) is 9.51. The maximum atomic E-state index is 11.8. The van der Waals surface area contributed by atoms with E-state index in [2.05, 4.69) is 4.98 Å². The summed E-state index contributed by atoms with van der Waals surface area (Å²) in [4.78, 5) is 25.1. The molecule has 104 valence electrons. The van der Waals surface area contributed by atoms with Crippen molar-refractivity contribution in [3.8, 4) is 17.0 Å². The van der Waals surface area contributed by atoms with Crippen molar-refractivity contribution in [1.29, 1.82) is 0 Å². The van der Waals surface area contributed by atoms with Crippen LogP contribution in [-0.2, 0) is 11.2 Å². The lowest BCUT2D eigenvalue weighted by Crippen LogP contribution is -2.16. The largest absolute Gasteiger partial charge is 0.496 e. The highest BCUT2D eigenvalue weighted by molar-refractivity contribution is 5.70. The summed E-state index contributed by atoms with van der Waals surface area (Å²) in [5.74, 6) is -0.248. The normalized spacial score (nSPS) is 10.3. The fraction of sp³-hybridized carbons (Fsp3) is 0.200. The number of nitrogens with one attached hydrogen (secondary N) is 1. The van der Waals surface area contributed by atoms with Crippen molar-refractivity contribution in [1.82, 2.24) is 4.98 Å². The third kappa shape index (κ3) is 2.88. The Balaban J connectivity index is 2.39. The molecule has 1 aromatic carbocycles. The molecule has 0 spiro atoms. The van der Waals surface area contributed by atoms with Crippen molar-refractivity contribution in [2.75, 3.05) is 7.11 Å². The fourth-order valence-electron chi connectivity index (χ4n) is 2.02. The number of aromatic amines is 1. The molecule has 0 amide bonds. The number of benzene rings is 1. The van der Waals surface area contributed by atoms with E-state index in [0.717, 1.165) is 16.9 Å². The van der Waals surface area contributed by atoms with Crippen molar-refractivity contribution in [2.45, 2.75) is 13.3 Å². The molecule has 1 aromatic heterocycles. The Hall–Kier alpha value is -2.56. The third-order valence-electron chi connectivity index (χ3n) is 3.04. The van der Waals surface area contributed by atoms with Crippen molar-refractivity contribution in [2.24, 2.45) is 0 Å². The summed E-state index contributed by atoms with van der Waals surface area (Å²) >= 11 is 0. The van der Waals surface area contributed by atoms with Gasteiger partial charge in [0.05, 0.1) is 13.5 Å². The number of carboxylic acids is 1. The van der Waals surface area contributed by atoms with E-state index in [0.29, 0.717) is 5.69 Å². The minimum atomic E-state index is -1.02. The lowest BCUT2D eigenvalue weighted by atomic mass is 10.1. The highest BCUT2D eigenvalue weighted by Crippen LogP contribution is 2.24. The lowest BCUT2D eigenvalue weighted by molar-refractivity contribution is -0.136. The van der Waals surface area contributed by atoms with E-state index >= 15 is 0 Å². The Morgan fingerprint density at radius 1 is 1.30 bits per heavy atom. The second-order valence-electron chi connectivity index (χ2n) is 4.48. The van der Waals surface area contributed by atoms with Crippen LogP contribution in [0.1, 0.15) is 11.1 Å². The van der Waals surface area contributed by atoms with Gasteiger partial charge in [0.25, 0.3) is 5.56 Å². The molecular formula is C15H15NO4. The lowest BCUT2D eigenvalue weighted by Gasteiger charge is -2.08. The summed E-state index contributed by atoms with van der Waals surface area (Å²) in [6, 6.07) is 8.83. The Morgan fingerprint density at radius 3 is 2.60 bits per heavy atom. The molecule has 0 saturated carbocycles. The second kappa shape index (κ2) is 5.61. The Bertz CT molecular complexity index is 703. The molecule has 5 heteroatoms. The number of hydrogen-bond donors (Lipinski definition) is 2. The molecular weight excluding hydrogens is 258 g/mol. The van der Waals surface area contributed by atoms with E-state index < -0.39 is 5.97 Å². The van der Waals surface area contributed by atoms with Gasteiger partial charge in [0, 0.05) is 11.3 Å². The average molecular weight is 273 g/mol. The molecule has 0 atom stereocenters. The van der Waals surface area contributed by atoms with Crippen LogP contribution in [-0.4, -0.2) is 23.2 Å². The average Bonchev–Trinajstić information content (AvgIpc) is 2.40. The van der Waals surface area contributed by atoms with Crippen molar-refractivity contribution in [3.05, 3.63) is 51.8 Å². The second-order valence-corrected chi connectivity index (χ2v) is 4.48. The summed E-state index contributed by atoms with van der Waals surface area (Å²) < 4.78 is 5.19. The predicted octanol–water partition coefficient (Wildman–Crippen LogP) is 1.99. The number of ether oxygens (including phenoxy) is 1. The molecule has 1 heterocycles. The van der Waals surface area contributed by atoms with Gasteiger partial charge in [0.1, 0.15) is 5.75 Å². The number of H-pyrrole nitrogens is 1. The highest BCUT2D eigenvalue weighted by Gasteiger charge is 2.08. The van der Waals surface area contributed by atoms with E-state index in [4.69, 9.17) is 9.84 Å². The fourth-order valence-corrected chi connectivity index (χ4v) is 2.02. The smallest absolute Gasteiger partial charge is 0.308 e. The monoisotopic (exact) mass is 273 g/mol. The van der Waals surface area contributed by atoms with Gasteiger partial charge in [-0.2, -0.15) is 0 Å². The number of hydrogen-bond acceptors (Lipinski definition) is 3. The van der Waals surface area contributed by atoms with Gasteiger partial charge in [-0.3, -0.25) is 9.59 Å². The van der Waals surface area contributed by atoms with Crippen LogP contribution in [0.25, 0.3) is 11.3 Å². The Labute approximate surface area is 115 Å². The van der Waals surface area contributed by atoms with E-state index in [1.54, 1.807) is 19.2 Å². The van der Waals surface area contributed by atoms with Crippen LogP contribution in [0.5, 0.6) is 5.75 Å². The molecule has 5 nitrogen and oxygen atoms in total. The van der Waals surface area contributed by atoms with Gasteiger partial charge < -0.3 is 14.8 Å². The van der Waals surface area contributed by atoms with Crippen molar-refractivity contribution < 1.29 is 14.6 Å². The first kappa shape index (κ1) is 13.9. The molecule has 2 N–H and O–H groups in total. The number of carboxylic acid groups (broad SMARTS) is 1. The van der Waals surface area contributed by atoms with Gasteiger partial charge in [-0.05, 0) is 42.3 Å². The van der Waals surface area contributed by atoms with Crippen LogP contribution in [0.3, 0.4) is 0 Å². The number of aliphatic carboxylic acids is 1. The first-order valence-corrected chi connectivity index (χ1v) is 6.10. The Kier molecular flexibility index (Phi) is 3.89. The van der Waals surface area contributed by atoms with E-state index in [1.165, 1.54) is 0 Å². The van der Waals surface area contributed by atoms with Crippen LogP contribution in [0, 0.1) is 6.92 Å². The van der Waals surface area contributed by atoms with Gasteiger partial charge in [-0.15, -0.1) is 0 Å². The van der Waals surface area contributed by atoms with Gasteiger partial charge in [-0.1, -0.05) is 6.07 Å². The maximum Gasteiger partial charge on any atom is 0.308 e. The number of carbonyl (C=O) groups is 1. The topological polar surface area (TPSA) is 79.4 Å². The zero-order chi connectivity index (χ0) is 14.7. The summed E-state index contributed by atoms with van der Waals surface area (Å²) in [5, 5.41) is 8.71. The van der Waals surface area contributed by atoms with E-state index in [1.807, 2.05) is 25.1 Å². The summed E-state index contributed by atoms with van der Waals surface area (Å²) in [6.45, 7) is 1.92. The van der Waals surface area contributed by atoms with Crippen molar-refractivity contribution in [3.63, 3.8) is 0 Å². The van der Waals surface area contributed by atoms with Crippen LogP contribution in [0.2, 0.25) is 0 Å². The van der Waals surface area contributed by atoms with Crippen LogP contribution in [0.15, 0.2) is 35.1 Å². The first-order valence-electron chi connectivity index (χ1n) is 6.10. The molecule has 0 fully saturated rings. The molecule has 0 aliphatic carbocycles. The molecule has 2 aromatic rings. The summed E-state index contributed by atoms with van der Waals surface area (Å²) in [7, 11) is 1.60. The van der Waals surface area contributed by atoms with Gasteiger partial charge in [0.15, 0.2) is 0 Å². The van der Waals surface area contributed by atoms with Crippen LogP contribution in [0.4, 0.5) is 0 Å². The highest BCUT2D eigenvalue weighted by atomic mass is 16.5. The minimum Gasteiger partial charge on any atom is -0.496 e. The van der Waals surface area contributed by atoms with Gasteiger partial charge in [0.2, 0.25) is 0 Å². The summed E-state index contributed by atoms with van der Waals surface area (Å²) in [5.41, 5.74) is 2.32. The number of pyridine rings is 1. The number of methoxy groups -OCH3 is 1. The number of aryl methyl sites for hydroxylation is 1. The minimum absolute atomic E-state index is 0.242. The van der Waals surface area contributed by atoms with Crippen molar-refractivity contribution >= 4 is 5.97 Å². The molecule has 0 radical (unpaired) electrons. The van der Waals surface area contributed by atoms with E-state index in [-0.39, 0.29) is 17.5 Å². The van der Waals surface area contributed by atoms with Gasteiger partial charge in [-0.25, -0.2) is 0 Å². The molecule has 0 aliphatic rings. The molecule has 2 rings (SSSR count). The quantitative estimate of drug-likeness (QED) is 0.892. The SMILES string of the molecule is COc1ccc(-c2ccc(CC(=O)O)c(=O)[nH]2)cc1C. The summed E-state index contributed by atoms with van der Waals surface area (Å²) in [6.07, 6.45) is -0.281. The molecule has 0 saturated heterocycles. The molecule has 0 aliphatic heterocycles. The maximum absolute atomic E-state index is 11.8. The standard InChI is InChI=1S/C15H15NO4/c1-9-7-10(4-6-13(9)20-2)12-5-3-11(8-14(17)18)15(19)16-12/h3-7H,8H2,1-2H3,(H,16,19)(H,17,18). The number of aromatic nitrogens is 1. The zero-order valence-electron chi connectivity index (χ0n) is 11.3. The molecule has 0 bridgehead atoms. The van der Waals surface area contributed by atoms with E-state index in [9.17, 15) is 9.59 Å². The molecule has 0 unspecified atom stereocenters. The third-order valence-corrected chi connectivity index (χ3v) is 3.04. The van der Waals surface area contributed by atoms with Gasteiger partial charge >= 0.3 is 5.97 Å². The number of rotatable bonds is 4. The Morgan fingerprint density at radius 2 is 2.05 bits per heavy atom. The van der Waals surface area contributed by atoms with Crippen LogP contribution < -0.4 is 10.3 Å².